The molecule has 0 aliphatic heterocycles. The van der Waals surface area contributed by atoms with Gasteiger partial charge in [-0.05, 0) is 12.5 Å². The fraction of sp³-hybridized carbons (Fsp3) is 0.421. The molecular formula is C19H26N4O8. The molecule has 8 N–H and O–H groups in total. The molecule has 170 valence electrons. The number of aliphatic carboxylic acids is 2. The smallest absolute Gasteiger partial charge is 0.325 e. The van der Waals surface area contributed by atoms with Crippen LogP contribution in [0.2, 0.25) is 0 Å². The average molecular weight is 438 g/mol. The number of benzene rings is 1. The number of aliphatic hydroxyl groups is 1. The van der Waals surface area contributed by atoms with Crippen LogP contribution in [-0.2, 0) is 30.4 Å². The number of nitrogens with two attached hydrogens (primary N) is 1. The zero-order valence-corrected chi connectivity index (χ0v) is 16.8. The van der Waals surface area contributed by atoms with Gasteiger partial charge in [-0.2, -0.15) is 0 Å². The van der Waals surface area contributed by atoms with Crippen LogP contribution in [0.4, 0.5) is 0 Å². The molecular weight excluding hydrogens is 412 g/mol. The zero-order chi connectivity index (χ0) is 23.6. The number of rotatable bonds is 12. The quantitative estimate of drug-likeness (QED) is 0.185. The Bertz CT molecular complexity index is 801. The van der Waals surface area contributed by atoms with Gasteiger partial charge in [-0.15, -0.1) is 0 Å². The summed E-state index contributed by atoms with van der Waals surface area (Å²) < 4.78 is 0. The molecule has 31 heavy (non-hydrogen) atoms. The Kier molecular flexibility index (Phi) is 10.1. The predicted octanol–water partition coefficient (Wildman–Crippen LogP) is -2.42. The van der Waals surface area contributed by atoms with Gasteiger partial charge in [-0.1, -0.05) is 30.3 Å². The maximum atomic E-state index is 12.8. The van der Waals surface area contributed by atoms with Gasteiger partial charge in [-0.3, -0.25) is 24.0 Å². The zero-order valence-electron chi connectivity index (χ0n) is 16.8. The summed E-state index contributed by atoms with van der Waals surface area (Å²) in [7, 11) is 0. The van der Waals surface area contributed by atoms with Gasteiger partial charge in [0.05, 0.1) is 13.0 Å². The minimum atomic E-state index is -1.59. The van der Waals surface area contributed by atoms with E-state index < -0.39 is 66.9 Å². The van der Waals surface area contributed by atoms with Gasteiger partial charge in [0.2, 0.25) is 17.7 Å². The molecule has 0 saturated carbocycles. The first-order chi connectivity index (χ1) is 14.5. The molecule has 0 saturated heterocycles. The summed E-state index contributed by atoms with van der Waals surface area (Å²) in [6, 6.07) is 3.10. The van der Waals surface area contributed by atoms with Crippen LogP contribution in [0.1, 0.15) is 18.9 Å². The van der Waals surface area contributed by atoms with E-state index in [9.17, 15) is 24.0 Å². The summed E-state index contributed by atoms with van der Waals surface area (Å²) in [5.41, 5.74) is 6.12. The molecule has 0 heterocycles. The Morgan fingerprint density at radius 2 is 1.45 bits per heavy atom. The molecule has 0 bridgehead atoms. The number of carbonyl (C=O) groups is 5. The molecule has 0 aliphatic rings. The number of carbonyl (C=O) groups excluding carboxylic acids is 3. The van der Waals surface area contributed by atoms with Gasteiger partial charge < -0.3 is 37.0 Å². The van der Waals surface area contributed by atoms with Gasteiger partial charge in [0.25, 0.3) is 0 Å². The molecule has 3 amide bonds. The van der Waals surface area contributed by atoms with Crippen LogP contribution >= 0.6 is 0 Å². The van der Waals surface area contributed by atoms with E-state index in [1.165, 1.54) is 6.92 Å². The predicted molar refractivity (Wildman–Crippen MR) is 107 cm³/mol. The fourth-order valence-electron chi connectivity index (χ4n) is 2.45. The molecule has 12 nitrogen and oxygen atoms in total. The second-order valence-electron chi connectivity index (χ2n) is 6.77. The van der Waals surface area contributed by atoms with Crippen LogP contribution in [0.15, 0.2) is 30.3 Å². The number of amides is 3. The monoisotopic (exact) mass is 438 g/mol. The number of nitrogens with one attached hydrogen (secondary N) is 3. The molecule has 0 radical (unpaired) electrons. The van der Waals surface area contributed by atoms with Crippen molar-refractivity contribution in [3.8, 4) is 0 Å². The van der Waals surface area contributed by atoms with Crippen LogP contribution in [0.25, 0.3) is 0 Å². The highest BCUT2D eigenvalue weighted by Gasteiger charge is 2.30. The summed E-state index contributed by atoms with van der Waals surface area (Å²) in [6.07, 6.45) is -0.824. The minimum Gasteiger partial charge on any atom is -0.481 e. The van der Waals surface area contributed by atoms with Crippen molar-refractivity contribution in [2.45, 2.75) is 43.9 Å². The Balaban J connectivity index is 3.03. The van der Waals surface area contributed by atoms with Gasteiger partial charge in [0, 0.05) is 6.42 Å². The van der Waals surface area contributed by atoms with Gasteiger partial charge in [0.1, 0.15) is 24.2 Å². The van der Waals surface area contributed by atoms with Crippen molar-refractivity contribution in [1.82, 2.24) is 16.0 Å². The Morgan fingerprint density at radius 1 is 0.903 bits per heavy atom. The van der Waals surface area contributed by atoms with E-state index in [0.717, 1.165) is 0 Å². The first-order valence-electron chi connectivity index (χ1n) is 9.31. The molecule has 0 spiro atoms. The topological polar surface area (TPSA) is 208 Å². The second kappa shape index (κ2) is 12.2. The highest BCUT2D eigenvalue weighted by molar-refractivity contribution is 5.95. The molecule has 0 aliphatic carbocycles. The second-order valence-corrected chi connectivity index (χ2v) is 6.77. The summed E-state index contributed by atoms with van der Waals surface area (Å²) >= 11 is 0. The van der Waals surface area contributed by atoms with E-state index >= 15 is 0 Å². The van der Waals surface area contributed by atoms with E-state index in [2.05, 4.69) is 16.0 Å². The summed E-state index contributed by atoms with van der Waals surface area (Å²) in [5, 5.41) is 33.7. The standard InChI is InChI=1S/C19H26N4O8/c1-10(19(30)31)21-17(28)14(8-15(25)26)23-18(29)13(22-16(27)12(20)9-24)7-11-5-3-2-4-6-11/h2-6,10,12-14,24H,7-9,20H2,1H3,(H,21,28)(H,22,27)(H,23,29)(H,25,26)(H,30,31). The van der Waals surface area contributed by atoms with E-state index in [-0.39, 0.29) is 6.42 Å². The number of hydrogen-bond donors (Lipinski definition) is 7. The van der Waals surface area contributed by atoms with Crippen molar-refractivity contribution in [2.24, 2.45) is 5.73 Å². The summed E-state index contributed by atoms with van der Waals surface area (Å²) in [4.78, 5) is 59.2. The van der Waals surface area contributed by atoms with E-state index in [0.29, 0.717) is 5.56 Å². The lowest BCUT2D eigenvalue weighted by atomic mass is 10.0. The van der Waals surface area contributed by atoms with Gasteiger partial charge in [0.15, 0.2) is 0 Å². The lowest BCUT2D eigenvalue weighted by Crippen LogP contribution is -2.58. The van der Waals surface area contributed by atoms with E-state index in [1.54, 1.807) is 30.3 Å². The number of hydrogen-bond acceptors (Lipinski definition) is 7. The number of carboxylic acids is 2. The Morgan fingerprint density at radius 3 is 1.97 bits per heavy atom. The van der Waals surface area contributed by atoms with Crippen LogP contribution in [0.5, 0.6) is 0 Å². The highest BCUT2D eigenvalue weighted by Crippen LogP contribution is 2.05. The molecule has 0 aromatic heterocycles. The van der Waals surface area contributed by atoms with Crippen molar-refractivity contribution in [1.29, 1.82) is 0 Å². The molecule has 1 rings (SSSR count). The Hall–Kier alpha value is -3.51. The molecule has 4 atom stereocenters. The van der Waals surface area contributed by atoms with Crippen molar-refractivity contribution in [3.05, 3.63) is 35.9 Å². The highest BCUT2D eigenvalue weighted by atomic mass is 16.4. The van der Waals surface area contributed by atoms with Crippen molar-refractivity contribution < 1.29 is 39.3 Å². The maximum absolute atomic E-state index is 12.8. The van der Waals surface area contributed by atoms with Crippen LogP contribution in [0.3, 0.4) is 0 Å². The van der Waals surface area contributed by atoms with Crippen molar-refractivity contribution in [2.75, 3.05) is 6.61 Å². The normalized spacial score (nSPS) is 14.4. The van der Waals surface area contributed by atoms with E-state index in [4.69, 9.17) is 21.1 Å². The Labute approximate surface area is 177 Å². The van der Waals surface area contributed by atoms with Gasteiger partial charge in [-0.25, -0.2) is 0 Å². The molecule has 0 fully saturated rings. The van der Waals surface area contributed by atoms with Crippen LogP contribution in [-0.4, -0.2) is 75.8 Å². The van der Waals surface area contributed by atoms with Crippen molar-refractivity contribution >= 4 is 29.7 Å². The summed E-state index contributed by atoms with van der Waals surface area (Å²) in [6.45, 7) is 0.511. The number of aliphatic hydroxyl groups excluding tert-OH is 1. The molecule has 1 aromatic rings. The molecule has 1 aromatic carbocycles. The summed E-state index contributed by atoms with van der Waals surface area (Å²) in [5.74, 6) is -5.47. The third-order valence-electron chi connectivity index (χ3n) is 4.19. The number of carboxylic acid groups (broad SMARTS) is 2. The van der Waals surface area contributed by atoms with Crippen LogP contribution < -0.4 is 21.7 Å². The third kappa shape index (κ3) is 8.80. The first kappa shape index (κ1) is 25.5. The third-order valence-corrected chi connectivity index (χ3v) is 4.19. The lowest BCUT2D eigenvalue weighted by molar-refractivity contribution is -0.143. The van der Waals surface area contributed by atoms with E-state index in [1.807, 2.05) is 0 Å². The average Bonchev–Trinajstić information content (AvgIpc) is 2.72. The molecule has 12 heteroatoms. The first-order valence-corrected chi connectivity index (χ1v) is 9.31. The van der Waals surface area contributed by atoms with Gasteiger partial charge >= 0.3 is 11.9 Å². The largest absolute Gasteiger partial charge is 0.481 e. The lowest BCUT2D eigenvalue weighted by Gasteiger charge is -2.24. The van der Waals surface area contributed by atoms with Crippen molar-refractivity contribution in [3.63, 3.8) is 0 Å². The molecule has 4 unspecified atom stereocenters. The SMILES string of the molecule is CC(NC(=O)C(CC(=O)O)NC(=O)C(Cc1ccccc1)NC(=O)C(N)CO)C(=O)O. The fourth-order valence-corrected chi connectivity index (χ4v) is 2.45. The van der Waals surface area contributed by atoms with Crippen LogP contribution in [0, 0.1) is 0 Å². The maximum Gasteiger partial charge on any atom is 0.325 e. The minimum absolute atomic E-state index is 0.0104.